The fourth-order valence-electron chi connectivity index (χ4n) is 14.2. The van der Waals surface area contributed by atoms with Crippen molar-refractivity contribution in [2.45, 2.75) is 5.41 Å². The maximum Gasteiger partial charge on any atom is 0.164 e. The quantitative estimate of drug-likeness (QED) is 0.130. The average molecular weight is 1160 g/mol. The molecule has 2 aliphatic rings. The van der Waals surface area contributed by atoms with Crippen molar-refractivity contribution in [3.8, 4) is 145 Å². The van der Waals surface area contributed by atoms with Crippen molar-refractivity contribution in [1.82, 2.24) is 15.0 Å². The predicted octanol–water partition coefficient (Wildman–Crippen LogP) is 22.6. The first-order chi connectivity index (χ1) is 45.1. The molecule has 2 aliphatic carbocycles. The van der Waals surface area contributed by atoms with E-state index in [0.717, 1.165) is 66.8 Å². The van der Waals surface area contributed by atoms with Crippen LogP contribution in [0.3, 0.4) is 0 Å². The Labute approximate surface area is 530 Å². The van der Waals surface area contributed by atoms with Gasteiger partial charge < -0.3 is 0 Å². The Morgan fingerprint density at radius 3 is 0.714 bits per heavy atom. The van der Waals surface area contributed by atoms with E-state index >= 15 is 0 Å². The Morgan fingerprint density at radius 1 is 0.143 bits per heavy atom. The van der Waals surface area contributed by atoms with Crippen molar-refractivity contribution in [3.63, 3.8) is 0 Å². The largest absolute Gasteiger partial charge is 0.208 e. The van der Waals surface area contributed by atoms with Gasteiger partial charge in [-0.1, -0.05) is 303 Å². The highest BCUT2D eigenvalue weighted by Gasteiger charge is 2.51. The van der Waals surface area contributed by atoms with E-state index in [1.165, 1.54) is 83.5 Å². The highest BCUT2D eigenvalue weighted by atomic mass is 15.0. The molecule has 0 aliphatic heterocycles. The third-order valence-corrected chi connectivity index (χ3v) is 18.6. The first-order valence-corrected chi connectivity index (χ1v) is 31.2. The summed E-state index contributed by atoms with van der Waals surface area (Å²) in [5.41, 5.74) is 31.4. The zero-order valence-electron chi connectivity index (χ0n) is 49.8. The molecule has 424 valence electrons. The molecule has 1 spiro atoms. The first-order valence-electron chi connectivity index (χ1n) is 31.2. The highest BCUT2D eigenvalue weighted by molar-refractivity contribution is 5.96. The molecule has 0 radical (unpaired) electrons. The van der Waals surface area contributed by atoms with Gasteiger partial charge >= 0.3 is 0 Å². The summed E-state index contributed by atoms with van der Waals surface area (Å²) in [7, 11) is 0. The Morgan fingerprint density at radius 2 is 0.363 bits per heavy atom. The van der Waals surface area contributed by atoms with E-state index < -0.39 is 5.41 Å². The SMILES string of the molecule is c1ccc(-c2cccc(-c3ccc(-c4nc(-c5ccc(-c6cccc(-c7cccc(-c8ccccc8)c7)c6)cc5)nc(-c5cccc(-c6cccc(-c7cccc(-c8ccc9c(c8)C8(c%10ccccc%10-c%10ccccc%108)c8ccccc8-9)c7)c6)c5)n4)cc3)c2)cc1. The van der Waals surface area contributed by atoms with Gasteiger partial charge in [0.15, 0.2) is 17.5 Å². The van der Waals surface area contributed by atoms with Crippen LogP contribution in [0.2, 0.25) is 0 Å². The molecule has 0 saturated carbocycles. The molecule has 14 aromatic carbocycles. The standard InChI is InChI=1S/C88H57N3/c1-3-19-58(20-4-1)64-23-13-25-66(51-64)60-41-45-62(46-42-60)85-89-86(63-47-43-61(44-48-63)67-26-15-28-69(53-67)68-27-14-24-65(52-68)59-21-5-2-6-22-59)91-87(90-85)76-34-18-33-74(56-76)72-31-16-29-70(54-72)71-30-17-32-73(55-71)75-49-50-80-79-37-9-12-40-83(79)88(84(80)57-75)81-38-10-7-35-77(81)78-36-8-11-39-82(78)88/h1-57H. The smallest absolute Gasteiger partial charge is 0.164 e. The van der Waals surface area contributed by atoms with Crippen LogP contribution < -0.4 is 0 Å². The number of fused-ring (bicyclic) bond motifs is 10. The monoisotopic (exact) mass is 1160 g/mol. The Kier molecular flexibility index (Phi) is 13.1. The minimum Gasteiger partial charge on any atom is -0.208 e. The molecule has 15 aromatic rings. The van der Waals surface area contributed by atoms with Gasteiger partial charge in [0.2, 0.25) is 0 Å². The zero-order valence-corrected chi connectivity index (χ0v) is 49.8. The van der Waals surface area contributed by atoms with Gasteiger partial charge in [-0.25, -0.2) is 15.0 Å². The van der Waals surface area contributed by atoms with Crippen LogP contribution in [-0.4, -0.2) is 15.0 Å². The summed E-state index contributed by atoms with van der Waals surface area (Å²) in [5, 5.41) is 0. The van der Waals surface area contributed by atoms with Crippen LogP contribution in [0, 0.1) is 0 Å². The van der Waals surface area contributed by atoms with Crippen LogP contribution in [0.15, 0.2) is 346 Å². The lowest BCUT2D eigenvalue weighted by Crippen LogP contribution is -2.25. The van der Waals surface area contributed by atoms with Gasteiger partial charge in [0.05, 0.1) is 5.41 Å². The van der Waals surface area contributed by atoms with Crippen molar-refractivity contribution in [1.29, 1.82) is 0 Å². The lowest BCUT2D eigenvalue weighted by molar-refractivity contribution is 0.794. The molecular weight excluding hydrogens is 1100 g/mol. The number of hydrogen-bond donors (Lipinski definition) is 0. The molecule has 1 aromatic heterocycles. The van der Waals surface area contributed by atoms with Gasteiger partial charge in [-0.05, 0) is 176 Å². The van der Waals surface area contributed by atoms with Gasteiger partial charge in [-0.2, -0.15) is 0 Å². The maximum absolute atomic E-state index is 5.29. The molecule has 1 heterocycles. The Hall–Kier alpha value is -11.9. The van der Waals surface area contributed by atoms with Crippen molar-refractivity contribution >= 4 is 0 Å². The van der Waals surface area contributed by atoms with Crippen molar-refractivity contribution in [2.24, 2.45) is 0 Å². The van der Waals surface area contributed by atoms with Crippen molar-refractivity contribution in [2.75, 3.05) is 0 Å². The van der Waals surface area contributed by atoms with Crippen LogP contribution in [-0.2, 0) is 5.41 Å². The lowest BCUT2D eigenvalue weighted by atomic mass is 9.70. The molecule has 0 fully saturated rings. The predicted molar refractivity (Wildman–Crippen MR) is 376 cm³/mol. The van der Waals surface area contributed by atoms with Crippen LogP contribution >= 0.6 is 0 Å². The van der Waals surface area contributed by atoms with E-state index in [2.05, 4.69) is 346 Å². The summed E-state index contributed by atoms with van der Waals surface area (Å²) in [6.45, 7) is 0. The molecule has 3 nitrogen and oxygen atoms in total. The normalized spacial score (nSPS) is 12.3. The second-order valence-corrected chi connectivity index (χ2v) is 23.8. The topological polar surface area (TPSA) is 38.7 Å². The number of hydrogen-bond acceptors (Lipinski definition) is 3. The molecule has 0 atom stereocenters. The number of rotatable bonds is 11. The minimum absolute atomic E-state index is 0.403. The Bertz CT molecular complexity index is 5210. The molecule has 91 heavy (non-hydrogen) atoms. The first kappa shape index (κ1) is 53.3. The number of benzene rings is 14. The minimum atomic E-state index is -0.403. The molecule has 0 unspecified atom stereocenters. The van der Waals surface area contributed by atoms with Gasteiger partial charge in [-0.3, -0.25) is 0 Å². The van der Waals surface area contributed by atoms with Crippen LogP contribution in [0.25, 0.3) is 145 Å². The third-order valence-electron chi connectivity index (χ3n) is 18.6. The highest BCUT2D eigenvalue weighted by Crippen LogP contribution is 2.63. The van der Waals surface area contributed by atoms with Crippen molar-refractivity contribution in [3.05, 3.63) is 368 Å². The average Bonchev–Trinajstić information content (AvgIpc) is 1.51. The fourth-order valence-corrected chi connectivity index (χ4v) is 14.2. The summed E-state index contributed by atoms with van der Waals surface area (Å²) in [4.78, 5) is 15.8. The molecule has 0 saturated heterocycles. The zero-order chi connectivity index (χ0) is 60.2. The van der Waals surface area contributed by atoms with Gasteiger partial charge in [0.25, 0.3) is 0 Å². The fraction of sp³-hybridized carbons (Fsp3) is 0.0114. The van der Waals surface area contributed by atoms with E-state index in [1.54, 1.807) is 0 Å². The van der Waals surface area contributed by atoms with Crippen molar-refractivity contribution < 1.29 is 0 Å². The Balaban J connectivity index is 0.705. The van der Waals surface area contributed by atoms with E-state index in [9.17, 15) is 0 Å². The molecule has 3 heteroatoms. The molecule has 0 N–H and O–H groups in total. The van der Waals surface area contributed by atoms with E-state index in [4.69, 9.17) is 15.0 Å². The second kappa shape index (κ2) is 22.4. The van der Waals surface area contributed by atoms with E-state index in [0.29, 0.717) is 17.5 Å². The lowest BCUT2D eigenvalue weighted by Gasteiger charge is -2.30. The van der Waals surface area contributed by atoms with E-state index in [1.807, 2.05) is 0 Å². The van der Waals surface area contributed by atoms with Crippen LogP contribution in [0.4, 0.5) is 0 Å². The van der Waals surface area contributed by atoms with Crippen LogP contribution in [0.1, 0.15) is 22.3 Å². The molecule has 0 amide bonds. The second-order valence-electron chi connectivity index (χ2n) is 23.8. The van der Waals surface area contributed by atoms with Crippen LogP contribution in [0.5, 0.6) is 0 Å². The van der Waals surface area contributed by atoms with Gasteiger partial charge in [0, 0.05) is 16.7 Å². The summed E-state index contributed by atoms with van der Waals surface area (Å²) < 4.78 is 0. The van der Waals surface area contributed by atoms with Gasteiger partial charge in [-0.15, -0.1) is 0 Å². The third kappa shape index (κ3) is 9.51. The number of aromatic nitrogens is 3. The molecule has 17 rings (SSSR count). The van der Waals surface area contributed by atoms with Gasteiger partial charge in [0.1, 0.15) is 0 Å². The molecule has 0 bridgehead atoms. The summed E-state index contributed by atoms with van der Waals surface area (Å²) >= 11 is 0. The van der Waals surface area contributed by atoms with E-state index in [-0.39, 0.29) is 0 Å². The summed E-state index contributed by atoms with van der Waals surface area (Å²) in [6, 6.07) is 125. The molecular formula is C88H57N3. The summed E-state index contributed by atoms with van der Waals surface area (Å²) in [5.74, 6) is 1.81. The number of nitrogens with zero attached hydrogens (tertiary/aromatic N) is 3. The maximum atomic E-state index is 5.29. The summed E-state index contributed by atoms with van der Waals surface area (Å²) in [6.07, 6.45) is 0.